The summed E-state index contributed by atoms with van der Waals surface area (Å²) in [7, 11) is -4.15. The van der Waals surface area contributed by atoms with Crippen LogP contribution in [0.4, 0.5) is 0 Å². The largest absolute Gasteiger partial charge is 0.288 e. The lowest BCUT2D eigenvalue weighted by atomic mass is 10.5. The first kappa shape index (κ1) is 9.07. The monoisotopic (exact) mass is 191 g/mol. The van der Waals surface area contributed by atoms with Crippen molar-refractivity contribution in [1.29, 1.82) is 0 Å². The van der Waals surface area contributed by atoms with Crippen LogP contribution in [0.5, 0.6) is 0 Å². The van der Waals surface area contributed by atoms with E-state index in [9.17, 15) is 8.42 Å². The average molecular weight is 191 g/mol. The van der Waals surface area contributed by atoms with Gasteiger partial charge in [-0.25, -0.2) is 4.68 Å². The van der Waals surface area contributed by atoms with Gasteiger partial charge in [0.1, 0.15) is 0 Å². The van der Waals surface area contributed by atoms with Gasteiger partial charge in [-0.1, -0.05) is 6.92 Å². The summed E-state index contributed by atoms with van der Waals surface area (Å²) in [6, 6.07) is 0. The van der Waals surface area contributed by atoms with Crippen molar-refractivity contribution in [3.05, 3.63) is 6.33 Å². The summed E-state index contributed by atoms with van der Waals surface area (Å²) in [5.74, 6) is 0. The Morgan fingerprint density at radius 1 is 1.67 bits per heavy atom. The maximum absolute atomic E-state index is 10.7. The van der Waals surface area contributed by atoms with Gasteiger partial charge in [0, 0.05) is 0 Å². The molecule has 1 atom stereocenters. The van der Waals surface area contributed by atoms with Crippen LogP contribution in [0, 0.1) is 6.33 Å². The molecular weight excluding hydrogens is 184 g/mol. The van der Waals surface area contributed by atoms with Crippen LogP contribution in [-0.2, 0) is 10.1 Å². The molecule has 0 fully saturated rings. The van der Waals surface area contributed by atoms with Crippen molar-refractivity contribution in [2.24, 2.45) is 0 Å². The second kappa shape index (κ2) is 3.15. The first-order valence-electron chi connectivity index (χ1n) is 3.17. The highest BCUT2D eigenvalue weighted by Crippen LogP contribution is 2.14. The number of nitrogens with zero attached hydrogens (tertiary/aromatic N) is 4. The van der Waals surface area contributed by atoms with Crippen molar-refractivity contribution >= 4 is 10.1 Å². The van der Waals surface area contributed by atoms with E-state index in [2.05, 4.69) is 21.9 Å². The quantitative estimate of drug-likeness (QED) is 0.632. The van der Waals surface area contributed by atoms with Crippen LogP contribution in [0.25, 0.3) is 0 Å². The zero-order valence-corrected chi connectivity index (χ0v) is 7.06. The molecule has 0 aliphatic rings. The predicted molar refractivity (Wildman–Crippen MR) is 37.5 cm³/mol. The van der Waals surface area contributed by atoms with E-state index in [1.807, 2.05) is 0 Å². The van der Waals surface area contributed by atoms with Gasteiger partial charge >= 0.3 is 0 Å². The Labute approximate surface area is 69.1 Å². The molecule has 1 unspecified atom stereocenters. The summed E-state index contributed by atoms with van der Waals surface area (Å²) in [4.78, 5) is 0. The van der Waals surface area contributed by atoms with E-state index >= 15 is 0 Å². The lowest BCUT2D eigenvalue weighted by Crippen LogP contribution is -2.19. The van der Waals surface area contributed by atoms with Crippen molar-refractivity contribution in [2.45, 2.75) is 18.7 Å². The van der Waals surface area contributed by atoms with Crippen LogP contribution in [0.15, 0.2) is 0 Å². The summed E-state index contributed by atoms with van der Waals surface area (Å²) in [5.41, 5.74) is 0. The molecule has 0 saturated carbocycles. The van der Waals surface area contributed by atoms with Gasteiger partial charge < -0.3 is 0 Å². The topological polar surface area (TPSA) is 98.0 Å². The molecule has 1 heterocycles. The lowest BCUT2D eigenvalue weighted by Gasteiger charge is -2.08. The molecular formula is C4H7N4O3S. The van der Waals surface area contributed by atoms with E-state index in [4.69, 9.17) is 4.55 Å². The Hall–Kier alpha value is -1.02. The summed E-state index contributed by atoms with van der Waals surface area (Å²) in [6.07, 6.45) is 2.38. The minimum absolute atomic E-state index is 0.181. The van der Waals surface area contributed by atoms with Gasteiger partial charge in [-0.15, -0.1) is 5.10 Å². The standard InChI is InChI=1S/C4H7N4O3S/c1-2-4(12(9,10)11)8-3-5-6-7-8/h4H,2H2,1H3,(H,9,10,11). The van der Waals surface area contributed by atoms with Gasteiger partial charge in [0.25, 0.3) is 10.1 Å². The minimum atomic E-state index is -4.15. The third-order valence-electron chi connectivity index (χ3n) is 1.29. The van der Waals surface area contributed by atoms with E-state index in [1.54, 1.807) is 6.92 Å². The van der Waals surface area contributed by atoms with E-state index in [0.29, 0.717) is 0 Å². The van der Waals surface area contributed by atoms with Crippen LogP contribution < -0.4 is 0 Å². The lowest BCUT2D eigenvalue weighted by molar-refractivity contribution is 0.423. The number of hydrogen-bond acceptors (Lipinski definition) is 5. The molecule has 1 N–H and O–H groups in total. The summed E-state index contributed by atoms with van der Waals surface area (Å²) < 4.78 is 30.9. The molecule has 1 rings (SSSR count). The van der Waals surface area contributed by atoms with E-state index in [1.165, 1.54) is 0 Å². The molecule has 1 radical (unpaired) electrons. The maximum Gasteiger partial charge on any atom is 0.288 e. The fourth-order valence-corrected chi connectivity index (χ4v) is 1.54. The molecule has 0 aliphatic carbocycles. The number of hydrogen-bond donors (Lipinski definition) is 1. The smallest absolute Gasteiger partial charge is 0.284 e. The van der Waals surface area contributed by atoms with Gasteiger partial charge in [-0.3, -0.25) is 4.55 Å². The SMILES string of the molecule is CCC(n1[c]nnn1)S(=O)(=O)O. The molecule has 0 bridgehead atoms. The van der Waals surface area contributed by atoms with Crippen molar-refractivity contribution in [3.8, 4) is 0 Å². The zero-order valence-electron chi connectivity index (χ0n) is 6.25. The molecule has 0 amide bonds. The van der Waals surface area contributed by atoms with Crippen LogP contribution in [0.3, 0.4) is 0 Å². The number of aromatic nitrogens is 4. The normalized spacial score (nSPS) is 14.5. The highest BCUT2D eigenvalue weighted by atomic mass is 32.2. The van der Waals surface area contributed by atoms with Gasteiger partial charge in [0.15, 0.2) is 5.37 Å². The zero-order chi connectivity index (χ0) is 9.19. The predicted octanol–water partition coefficient (Wildman–Crippen LogP) is -0.730. The van der Waals surface area contributed by atoms with Crippen molar-refractivity contribution < 1.29 is 13.0 Å². The van der Waals surface area contributed by atoms with Crippen molar-refractivity contribution in [1.82, 2.24) is 20.2 Å². The van der Waals surface area contributed by atoms with Crippen molar-refractivity contribution in [3.63, 3.8) is 0 Å². The third-order valence-corrected chi connectivity index (χ3v) is 2.51. The minimum Gasteiger partial charge on any atom is -0.284 e. The fourth-order valence-electron chi connectivity index (χ4n) is 0.781. The van der Waals surface area contributed by atoms with E-state index < -0.39 is 15.5 Å². The van der Waals surface area contributed by atoms with E-state index in [-0.39, 0.29) is 6.42 Å². The Morgan fingerprint density at radius 3 is 2.67 bits per heavy atom. The molecule has 0 aliphatic heterocycles. The van der Waals surface area contributed by atoms with Crippen LogP contribution in [0.1, 0.15) is 18.7 Å². The Kier molecular flexibility index (Phi) is 2.38. The molecule has 1 aromatic rings. The first-order valence-corrected chi connectivity index (χ1v) is 4.68. The molecule has 0 spiro atoms. The summed E-state index contributed by atoms with van der Waals surface area (Å²) in [5, 5.41) is 8.51. The highest BCUT2D eigenvalue weighted by molar-refractivity contribution is 7.85. The molecule has 7 nitrogen and oxygen atoms in total. The molecule has 0 aromatic carbocycles. The van der Waals surface area contributed by atoms with Crippen LogP contribution >= 0.6 is 0 Å². The summed E-state index contributed by atoms with van der Waals surface area (Å²) >= 11 is 0. The number of rotatable bonds is 3. The van der Waals surface area contributed by atoms with Gasteiger partial charge in [0.2, 0.25) is 6.33 Å². The fraction of sp³-hybridized carbons (Fsp3) is 0.750. The van der Waals surface area contributed by atoms with Crippen LogP contribution in [0.2, 0.25) is 0 Å². The molecule has 1 aromatic heterocycles. The van der Waals surface area contributed by atoms with Gasteiger partial charge in [-0.2, -0.15) is 8.42 Å². The molecule has 8 heteroatoms. The maximum atomic E-state index is 10.7. The first-order chi connectivity index (χ1) is 5.55. The Morgan fingerprint density at radius 2 is 2.33 bits per heavy atom. The van der Waals surface area contributed by atoms with Gasteiger partial charge in [-0.05, 0) is 16.8 Å². The third kappa shape index (κ3) is 1.77. The number of tetrazole rings is 1. The Bertz CT molecular complexity index is 331. The van der Waals surface area contributed by atoms with E-state index in [0.717, 1.165) is 4.68 Å². The molecule has 12 heavy (non-hydrogen) atoms. The highest BCUT2D eigenvalue weighted by Gasteiger charge is 2.23. The second-order valence-electron chi connectivity index (χ2n) is 2.10. The second-order valence-corrected chi connectivity index (χ2v) is 3.68. The molecule has 0 saturated heterocycles. The van der Waals surface area contributed by atoms with Crippen molar-refractivity contribution in [2.75, 3.05) is 0 Å². The van der Waals surface area contributed by atoms with Gasteiger partial charge in [0.05, 0.1) is 0 Å². The Balaban J connectivity index is 3.00. The average Bonchev–Trinajstić information content (AvgIpc) is 2.38. The van der Waals surface area contributed by atoms with Crippen LogP contribution in [-0.4, -0.2) is 33.2 Å². The summed E-state index contributed by atoms with van der Waals surface area (Å²) in [6.45, 7) is 1.59. The molecule has 67 valence electrons.